The zero-order valence-corrected chi connectivity index (χ0v) is 15.4. The monoisotopic (exact) mass is 368 g/mol. The maximum absolute atomic E-state index is 12.9. The lowest BCUT2D eigenvalue weighted by molar-refractivity contribution is -0.384. The fraction of sp³-hybridized carbons (Fsp3) is 0.600. The molecule has 4 saturated carbocycles. The van der Waals surface area contributed by atoms with Crippen molar-refractivity contribution in [1.82, 2.24) is 15.5 Å². The van der Waals surface area contributed by atoms with Crippen LogP contribution in [0.5, 0.6) is 0 Å². The molecule has 7 nitrogen and oxygen atoms in total. The molecular weight excluding hydrogens is 344 g/mol. The van der Waals surface area contributed by atoms with Gasteiger partial charge in [-0.1, -0.05) is 0 Å². The van der Waals surface area contributed by atoms with Gasteiger partial charge in [0, 0.05) is 23.6 Å². The van der Waals surface area contributed by atoms with E-state index in [0.29, 0.717) is 10.9 Å². The molecule has 0 radical (unpaired) electrons. The van der Waals surface area contributed by atoms with Crippen LogP contribution in [0.3, 0.4) is 0 Å². The summed E-state index contributed by atoms with van der Waals surface area (Å²) in [5.41, 5.74) is 1.05. The summed E-state index contributed by atoms with van der Waals surface area (Å²) in [5.74, 6) is 2.23. The third-order valence-electron chi connectivity index (χ3n) is 7.32. The summed E-state index contributed by atoms with van der Waals surface area (Å²) in [7, 11) is 0. The van der Waals surface area contributed by atoms with Crippen LogP contribution in [0.25, 0.3) is 10.9 Å². The summed E-state index contributed by atoms with van der Waals surface area (Å²) in [6, 6.07) is 4.52. The van der Waals surface area contributed by atoms with Gasteiger partial charge in [-0.05, 0) is 74.7 Å². The maximum atomic E-state index is 12.9. The molecule has 27 heavy (non-hydrogen) atoms. The normalized spacial score (nSPS) is 32.6. The topological polar surface area (TPSA) is 101 Å². The number of fused-ring (bicyclic) bond motifs is 1. The molecule has 1 aromatic carbocycles. The number of hydrogen-bond donors (Lipinski definition) is 2. The van der Waals surface area contributed by atoms with Gasteiger partial charge in [-0.3, -0.25) is 20.0 Å². The number of aromatic nitrogens is 2. The number of nitro groups is 1. The third kappa shape index (κ3) is 2.63. The highest BCUT2D eigenvalue weighted by Gasteiger charge is 2.53. The molecule has 2 N–H and O–H groups in total. The van der Waals surface area contributed by atoms with E-state index in [1.54, 1.807) is 6.07 Å². The molecule has 4 aliphatic rings. The number of nitro benzene ring substituents is 1. The minimum atomic E-state index is -0.452. The van der Waals surface area contributed by atoms with Crippen molar-refractivity contribution in [3.05, 3.63) is 34.0 Å². The van der Waals surface area contributed by atoms with E-state index < -0.39 is 4.92 Å². The molecule has 6 rings (SSSR count). The van der Waals surface area contributed by atoms with Gasteiger partial charge in [0.1, 0.15) is 0 Å². The number of benzene rings is 1. The van der Waals surface area contributed by atoms with Gasteiger partial charge in [0.15, 0.2) is 5.69 Å². The quantitative estimate of drug-likeness (QED) is 0.633. The first-order valence-electron chi connectivity index (χ1n) is 9.87. The van der Waals surface area contributed by atoms with E-state index in [0.717, 1.165) is 17.8 Å². The second-order valence-corrected chi connectivity index (χ2v) is 9.03. The number of carbonyl (C=O) groups is 1. The lowest BCUT2D eigenvalue weighted by Crippen LogP contribution is -2.55. The van der Waals surface area contributed by atoms with E-state index in [1.807, 2.05) is 0 Å². The van der Waals surface area contributed by atoms with Crippen LogP contribution in [-0.2, 0) is 0 Å². The summed E-state index contributed by atoms with van der Waals surface area (Å²) in [4.78, 5) is 23.5. The molecule has 0 aliphatic heterocycles. The molecule has 4 aliphatic carbocycles. The first-order chi connectivity index (χ1) is 12.9. The maximum Gasteiger partial charge on any atom is 0.272 e. The molecular formula is C20H24N4O3. The highest BCUT2D eigenvalue weighted by Crippen LogP contribution is 2.61. The number of nitrogens with zero attached hydrogens (tertiary/aromatic N) is 2. The standard InChI is InChI=1S/C20H24N4O3/c1-11(20-8-12-4-13(9-20)6-14(5-12)10-20)21-19(25)18-16-7-15(24(26)27)2-3-17(16)22-23-18/h2-3,7,11-14H,4-6,8-10H2,1H3,(H,21,25)(H,22,23). The number of nitrogens with one attached hydrogen (secondary N) is 2. The molecule has 1 atom stereocenters. The number of carbonyl (C=O) groups excluding carboxylic acids is 1. The molecule has 1 unspecified atom stereocenters. The first-order valence-corrected chi connectivity index (χ1v) is 9.87. The predicted molar refractivity (Wildman–Crippen MR) is 100 cm³/mol. The van der Waals surface area contributed by atoms with Crippen LogP contribution in [0.4, 0.5) is 5.69 Å². The van der Waals surface area contributed by atoms with E-state index in [9.17, 15) is 14.9 Å². The zero-order valence-electron chi connectivity index (χ0n) is 15.4. The van der Waals surface area contributed by atoms with Gasteiger partial charge < -0.3 is 5.32 Å². The van der Waals surface area contributed by atoms with Gasteiger partial charge in [0.2, 0.25) is 0 Å². The molecule has 4 bridgehead atoms. The van der Waals surface area contributed by atoms with Gasteiger partial charge in [0.05, 0.1) is 10.4 Å². The highest BCUT2D eigenvalue weighted by atomic mass is 16.6. The van der Waals surface area contributed by atoms with Crippen molar-refractivity contribution >= 4 is 22.5 Å². The fourth-order valence-corrected chi connectivity index (χ4v) is 6.41. The molecule has 0 spiro atoms. The Morgan fingerprint density at radius 3 is 2.48 bits per heavy atom. The van der Waals surface area contributed by atoms with Crippen LogP contribution >= 0.6 is 0 Å². The highest BCUT2D eigenvalue weighted by molar-refractivity contribution is 6.05. The lowest BCUT2D eigenvalue weighted by atomic mass is 9.48. The molecule has 1 aromatic heterocycles. The average Bonchev–Trinajstić information content (AvgIpc) is 3.03. The van der Waals surface area contributed by atoms with Gasteiger partial charge in [-0.25, -0.2) is 0 Å². The second-order valence-electron chi connectivity index (χ2n) is 9.03. The molecule has 2 aromatic rings. The van der Waals surface area contributed by atoms with E-state index in [4.69, 9.17) is 0 Å². The van der Waals surface area contributed by atoms with Crippen LogP contribution in [0.15, 0.2) is 18.2 Å². The Kier molecular flexibility index (Phi) is 3.58. The summed E-state index contributed by atoms with van der Waals surface area (Å²) in [6.45, 7) is 2.13. The van der Waals surface area contributed by atoms with Crippen LogP contribution in [0.1, 0.15) is 55.9 Å². The van der Waals surface area contributed by atoms with E-state index in [-0.39, 0.29) is 28.7 Å². The number of amides is 1. The van der Waals surface area contributed by atoms with Gasteiger partial charge in [-0.2, -0.15) is 5.10 Å². The Morgan fingerprint density at radius 2 is 1.89 bits per heavy atom. The fourth-order valence-electron chi connectivity index (χ4n) is 6.41. The van der Waals surface area contributed by atoms with Gasteiger partial charge in [-0.15, -0.1) is 0 Å². The Labute approximate surface area is 157 Å². The molecule has 1 amide bonds. The Balaban J connectivity index is 1.40. The SMILES string of the molecule is CC(NC(=O)c1n[nH]c2ccc([N+](=O)[O-])cc12)C12CC3CC(CC(C3)C1)C2. The van der Waals surface area contributed by atoms with E-state index in [1.165, 1.54) is 50.7 Å². The Hall–Kier alpha value is -2.44. The Morgan fingerprint density at radius 1 is 1.26 bits per heavy atom. The minimum Gasteiger partial charge on any atom is -0.348 e. The van der Waals surface area contributed by atoms with Crippen molar-refractivity contribution < 1.29 is 9.72 Å². The summed E-state index contributed by atoms with van der Waals surface area (Å²) >= 11 is 0. The second kappa shape index (κ2) is 5.78. The van der Waals surface area contributed by atoms with Gasteiger partial charge >= 0.3 is 0 Å². The van der Waals surface area contributed by atoms with Crippen molar-refractivity contribution in [1.29, 1.82) is 0 Å². The summed E-state index contributed by atoms with van der Waals surface area (Å²) < 4.78 is 0. The van der Waals surface area contributed by atoms with Crippen molar-refractivity contribution in [3.63, 3.8) is 0 Å². The van der Waals surface area contributed by atoms with Crippen LogP contribution in [0.2, 0.25) is 0 Å². The number of H-pyrrole nitrogens is 1. The van der Waals surface area contributed by atoms with E-state index >= 15 is 0 Å². The summed E-state index contributed by atoms with van der Waals surface area (Å²) in [5, 5.41) is 21.7. The number of rotatable bonds is 4. The van der Waals surface area contributed by atoms with Crippen molar-refractivity contribution in [2.24, 2.45) is 23.2 Å². The average molecular weight is 368 g/mol. The Bertz CT molecular complexity index is 899. The van der Waals surface area contributed by atoms with Crippen molar-refractivity contribution in [3.8, 4) is 0 Å². The van der Waals surface area contributed by atoms with Crippen molar-refractivity contribution in [2.75, 3.05) is 0 Å². The molecule has 142 valence electrons. The predicted octanol–water partition coefficient (Wildman–Crippen LogP) is 3.81. The smallest absolute Gasteiger partial charge is 0.272 e. The van der Waals surface area contributed by atoms with Crippen LogP contribution in [0, 0.1) is 33.3 Å². The van der Waals surface area contributed by atoms with Crippen molar-refractivity contribution in [2.45, 2.75) is 51.5 Å². The molecule has 4 fully saturated rings. The third-order valence-corrected chi connectivity index (χ3v) is 7.32. The minimum absolute atomic E-state index is 0.0351. The van der Waals surface area contributed by atoms with E-state index in [2.05, 4.69) is 22.4 Å². The first kappa shape index (κ1) is 16.7. The zero-order chi connectivity index (χ0) is 18.8. The number of non-ortho nitro benzene ring substituents is 1. The molecule has 1 heterocycles. The van der Waals surface area contributed by atoms with Crippen LogP contribution in [-0.4, -0.2) is 27.1 Å². The summed E-state index contributed by atoms with van der Waals surface area (Å²) in [6.07, 6.45) is 7.75. The largest absolute Gasteiger partial charge is 0.348 e. The molecule has 0 saturated heterocycles. The number of hydrogen-bond acceptors (Lipinski definition) is 4. The molecule has 7 heteroatoms. The number of aromatic amines is 1. The van der Waals surface area contributed by atoms with Crippen LogP contribution < -0.4 is 5.32 Å². The van der Waals surface area contributed by atoms with Gasteiger partial charge in [0.25, 0.3) is 11.6 Å². The lowest BCUT2D eigenvalue weighted by Gasteiger charge is -2.59.